The van der Waals surface area contributed by atoms with E-state index in [4.69, 9.17) is 4.74 Å². The number of alkyl halides is 1. The minimum Gasteiger partial charge on any atom is -0.369 e. The van der Waals surface area contributed by atoms with Crippen LogP contribution in [0.1, 0.15) is 29.6 Å². The van der Waals surface area contributed by atoms with E-state index in [1.165, 1.54) is 11.1 Å². The zero-order chi connectivity index (χ0) is 13.1. The van der Waals surface area contributed by atoms with Crippen molar-refractivity contribution >= 4 is 15.9 Å². The highest BCUT2D eigenvalue weighted by Gasteiger charge is 2.36. The molecular weight excluding hydrogens is 302 g/mol. The molecule has 1 aliphatic heterocycles. The first-order valence-electron chi connectivity index (χ1n) is 6.55. The summed E-state index contributed by atoms with van der Waals surface area (Å²) in [4.78, 5) is 4.22. The lowest BCUT2D eigenvalue weighted by molar-refractivity contribution is 0.0540. The highest BCUT2D eigenvalue weighted by Crippen LogP contribution is 2.44. The van der Waals surface area contributed by atoms with E-state index < -0.39 is 0 Å². The summed E-state index contributed by atoms with van der Waals surface area (Å²) in [5.41, 5.74) is 2.51. The second kappa shape index (κ2) is 5.85. The molecule has 0 N–H and O–H groups in total. The van der Waals surface area contributed by atoms with Gasteiger partial charge in [0.2, 0.25) is 0 Å². The zero-order valence-corrected chi connectivity index (χ0v) is 12.2. The van der Waals surface area contributed by atoms with Crippen molar-refractivity contribution in [2.45, 2.75) is 24.5 Å². The van der Waals surface area contributed by atoms with Crippen LogP contribution in [0.4, 0.5) is 0 Å². The molecule has 3 rings (SSSR count). The van der Waals surface area contributed by atoms with Gasteiger partial charge in [-0.05, 0) is 23.6 Å². The average Bonchev–Trinajstić information content (AvgIpc) is 2.93. The highest BCUT2D eigenvalue weighted by atomic mass is 79.9. The number of hydrogen-bond donors (Lipinski definition) is 0. The number of ether oxygens (including phenoxy) is 1. The van der Waals surface area contributed by atoms with Crippen LogP contribution in [0, 0.1) is 0 Å². The Bertz CT molecular complexity index is 469. The Balaban J connectivity index is 1.92. The lowest BCUT2D eigenvalue weighted by Crippen LogP contribution is -2.08. The summed E-state index contributed by atoms with van der Waals surface area (Å²) < 4.78 is 6.18. The third-order valence-electron chi connectivity index (χ3n) is 3.63. The standard InChI is InChI=1S/C16H16BrNO/c17-10-14-9-15(12-5-2-1-3-6-12)16(19-14)13-7-4-8-18-11-13/h1-8,11,14-16H,9-10H2/t14-,15-,16-/m0/s1. The van der Waals surface area contributed by atoms with Crippen LogP contribution in [-0.4, -0.2) is 16.4 Å². The van der Waals surface area contributed by atoms with Gasteiger partial charge in [-0.3, -0.25) is 4.98 Å². The van der Waals surface area contributed by atoms with Crippen LogP contribution in [0.15, 0.2) is 54.9 Å². The molecule has 0 unspecified atom stereocenters. The van der Waals surface area contributed by atoms with Crippen molar-refractivity contribution < 1.29 is 4.74 Å². The number of nitrogens with zero attached hydrogens (tertiary/aromatic N) is 1. The molecule has 1 saturated heterocycles. The van der Waals surface area contributed by atoms with E-state index in [0.717, 1.165) is 11.8 Å². The van der Waals surface area contributed by atoms with Gasteiger partial charge in [0.1, 0.15) is 0 Å². The summed E-state index contributed by atoms with van der Waals surface area (Å²) in [6, 6.07) is 14.7. The van der Waals surface area contributed by atoms with E-state index in [2.05, 4.69) is 57.3 Å². The molecule has 2 aromatic rings. The number of rotatable bonds is 3. The van der Waals surface area contributed by atoms with Crippen LogP contribution < -0.4 is 0 Å². The summed E-state index contributed by atoms with van der Waals surface area (Å²) in [6.45, 7) is 0. The van der Waals surface area contributed by atoms with Crippen molar-refractivity contribution in [1.82, 2.24) is 4.98 Å². The zero-order valence-electron chi connectivity index (χ0n) is 10.6. The van der Waals surface area contributed by atoms with Gasteiger partial charge >= 0.3 is 0 Å². The second-order valence-electron chi connectivity index (χ2n) is 4.87. The van der Waals surface area contributed by atoms with Crippen molar-refractivity contribution in [2.75, 3.05) is 5.33 Å². The van der Waals surface area contributed by atoms with Gasteiger partial charge in [0, 0.05) is 23.6 Å². The van der Waals surface area contributed by atoms with Crippen LogP contribution >= 0.6 is 15.9 Å². The van der Waals surface area contributed by atoms with Crippen molar-refractivity contribution in [3.63, 3.8) is 0 Å². The fourth-order valence-electron chi connectivity index (χ4n) is 2.73. The summed E-state index contributed by atoms with van der Waals surface area (Å²) in [7, 11) is 0. The van der Waals surface area contributed by atoms with Gasteiger partial charge in [0.25, 0.3) is 0 Å². The van der Waals surface area contributed by atoms with E-state index in [1.54, 1.807) is 6.20 Å². The molecule has 3 heteroatoms. The van der Waals surface area contributed by atoms with Gasteiger partial charge in [-0.2, -0.15) is 0 Å². The molecule has 0 radical (unpaired) electrons. The maximum absolute atomic E-state index is 6.18. The number of benzene rings is 1. The summed E-state index contributed by atoms with van der Waals surface area (Å²) in [6.07, 6.45) is 5.15. The third-order valence-corrected chi connectivity index (χ3v) is 4.36. The molecule has 0 spiro atoms. The largest absolute Gasteiger partial charge is 0.369 e. The number of pyridine rings is 1. The van der Waals surface area contributed by atoms with Gasteiger partial charge in [-0.1, -0.05) is 52.3 Å². The monoisotopic (exact) mass is 317 g/mol. The Morgan fingerprint density at radius 1 is 1.11 bits per heavy atom. The SMILES string of the molecule is BrC[C@@H]1C[C@@H](c2ccccc2)[C@H](c2cccnc2)O1. The highest BCUT2D eigenvalue weighted by molar-refractivity contribution is 9.09. The number of hydrogen-bond acceptors (Lipinski definition) is 2. The molecule has 0 amide bonds. The molecule has 1 aliphatic rings. The van der Waals surface area contributed by atoms with Gasteiger partial charge in [-0.15, -0.1) is 0 Å². The minimum atomic E-state index is 0.110. The Morgan fingerprint density at radius 3 is 2.58 bits per heavy atom. The first-order chi connectivity index (χ1) is 9.38. The van der Waals surface area contributed by atoms with Gasteiger partial charge < -0.3 is 4.74 Å². The molecule has 0 aliphatic carbocycles. The Labute approximate surface area is 122 Å². The van der Waals surface area contributed by atoms with Crippen LogP contribution in [-0.2, 0) is 4.74 Å². The van der Waals surface area contributed by atoms with Crippen molar-refractivity contribution in [1.29, 1.82) is 0 Å². The summed E-state index contributed by atoms with van der Waals surface area (Å²) in [5, 5.41) is 0.882. The van der Waals surface area contributed by atoms with Crippen LogP contribution in [0.3, 0.4) is 0 Å². The predicted octanol–water partition coefficient (Wildman–Crippen LogP) is 4.09. The first-order valence-corrected chi connectivity index (χ1v) is 7.67. The van der Waals surface area contributed by atoms with Crippen molar-refractivity contribution in [3.05, 3.63) is 66.0 Å². The fourth-order valence-corrected chi connectivity index (χ4v) is 3.15. The van der Waals surface area contributed by atoms with Crippen LogP contribution in [0.5, 0.6) is 0 Å². The lowest BCUT2D eigenvalue weighted by Gasteiger charge is -2.18. The van der Waals surface area contributed by atoms with Gasteiger partial charge in [0.15, 0.2) is 0 Å². The molecular formula is C16H16BrNO. The molecule has 1 fully saturated rings. The van der Waals surface area contributed by atoms with Crippen molar-refractivity contribution in [3.8, 4) is 0 Å². The summed E-state index contributed by atoms with van der Waals surface area (Å²) in [5.74, 6) is 0.410. The minimum absolute atomic E-state index is 0.110. The molecule has 19 heavy (non-hydrogen) atoms. The van der Waals surface area contributed by atoms with Crippen molar-refractivity contribution in [2.24, 2.45) is 0 Å². The normalized spacial score (nSPS) is 26.5. The second-order valence-corrected chi connectivity index (χ2v) is 5.52. The molecule has 3 atom stereocenters. The van der Waals surface area contributed by atoms with Gasteiger partial charge in [-0.25, -0.2) is 0 Å². The Hall–Kier alpha value is -1.19. The molecule has 0 bridgehead atoms. The lowest BCUT2D eigenvalue weighted by atomic mass is 9.88. The fraction of sp³-hybridized carbons (Fsp3) is 0.312. The Morgan fingerprint density at radius 2 is 1.89 bits per heavy atom. The quantitative estimate of drug-likeness (QED) is 0.795. The average molecular weight is 318 g/mol. The maximum Gasteiger partial charge on any atom is 0.0913 e. The van der Waals surface area contributed by atoms with E-state index >= 15 is 0 Å². The predicted molar refractivity (Wildman–Crippen MR) is 79.4 cm³/mol. The smallest absolute Gasteiger partial charge is 0.0913 e. The Kier molecular flexibility index (Phi) is 3.95. The first kappa shape index (κ1) is 12.8. The summed E-state index contributed by atoms with van der Waals surface area (Å²) >= 11 is 3.54. The third kappa shape index (κ3) is 2.72. The molecule has 1 aromatic carbocycles. The van der Waals surface area contributed by atoms with E-state index in [1.807, 2.05) is 12.3 Å². The van der Waals surface area contributed by atoms with Crippen LogP contribution in [0.2, 0.25) is 0 Å². The van der Waals surface area contributed by atoms with E-state index in [0.29, 0.717) is 5.92 Å². The molecule has 1 aromatic heterocycles. The maximum atomic E-state index is 6.18. The topological polar surface area (TPSA) is 22.1 Å². The molecule has 2 heterocycles. The molecule has 0 saturated carbocycles. The van der Waals surface area contributed by atoms with Gasteiger partial charge in [0.05, 0.1) is 12.2 Å². The van der Waals surface area contributed by atoms with E-state index in [9.17, 15) is 0 Å². The van der Waals surface area contributed by atoms with E-state index in [-0.39, 0.29) is 12.2 Å². The number of halogens is 1. The van der Waals surface area contributed by atoms with Crippen LogP contribution in [0.25, 0.3) is 0 Å². The molecule has 98 valence electrons. The molecule has 2 nitrogen and oxygen atoms in total. The number of aromatic nitrogens is 1.